The highest BCUT2D eigenvalue weighted by Gasteiger charge is 2.31. The van der Waals surface area contributed by atoms with E-state index in [0.717, 1.165) is 12.1 Å². The van der Waals surface area contributed by atoms with Gasteiger partial charge in [0.1, 0.15) is 5.38 Å². The first kappa shape index (κ1) is 21.2. The number of hydrogen-bond donors (Lipinski definition) is 1. The van der Waals surface area contributed by atoms with Gasteiger partial charge < -0.3 is 10.0 Å². The van der Waals surface area contributed by atoms with Crippen molar-refractivity contribution in [2.45, 2.75) is 23.9 Å². The van der Waals surface area contributed by atoms with Crippen molar-refractivity contribution in [3.8, 4) is 0 Å². The van der Waals surface area contributed by atoms with Gasteiger partial charge in [0.15, 0.2) is 0 Å². The lowest BCUT2D eigenvalue weighted by Crippen LogP contribution is -2.40. The predicted molar refractivity (Wildman–Crippen MR) is 111 cm³/mol. The predicted octanol–water partition coefficient (Wildman–Crippen LogP) is 3.14. The topological polar surface area (TPSA) is 86.9 Å². The number of likely N-dealkylation sites (tertiary alicyclic amines) is 1. The summed E-state index contributed by atoms with van der Waals surface area (Å²) in [5.41, 5.74) is 1.25. The molecule has 2 aromatic carbocycles. The van der Waals surface area contributed by atoms with Crippen LogP contribution in [0.3, 0.4) is 0 Å². The maximum Gasteiger partial charge on any atom is 0.269 e. The molecule has 2 aromatic rings. The molecule has 0 spiro atoms. The number of β-amino-alcohol motifs (C(OH)–C–C–N with tert-alkyl or cyclic N) is 1. The first-order valence-electron chi connectivity index (χ1n) is 9.47. The Labute approximate surface area is 174 Å². The SMILES string of the molecule is CN(C(=O)C(Cl)c1cccc([N+](=O)[O-])c1)C(CN1CCC(O)C1)c1ccccc1. The number of nitrogens with zero attached hydrogens (tertiary/aromatic N) is 3. The van der Waals surface area contributed by atoms with E-state index in [0.29, 0.717) is 25.1 Å². The maximum atomic E-state index is 13.1. The number of aliphatic hydroxyl groups excluding tert-OH is 1. The lowest BCUT2D eigenvalue weighted by Gasteiger charge is -2.33. The Bertz CT molecular complexity index is 864. The number of likely N-dealkylation sites (N-methyl/N-ethyl adjacent to an activating group) is 1. The van der Waals surface area contributed by atoms with Gasteiger partial charge in [-0.1, -0.05) is 42.5 Å². The number of alkyl halides is 1. The molecule has 0 aliphatic carbocycles. The van der Waals surface area contributed by atoms with Gasteiger partial charge in [0.05, 0.1) is 17.1 Å². The van der Waals surface area contributed by atoms with E-state index in [1.807, 2.05) is 30.3 Å². The van der Waals surface area contributed by atoms with Crippen LogP contribution in [0.5, 0.6) is 0 Å². The van der Waals surface area contributed by atoms with Crippen LogP contribution < -0.4 is 0 Å². The number of carbonyl (C=O) groups is 1. The summed E-state index contributed by atoms with van der Waals surface area (Å²) in [6.45, 7) is 1.91. The molecule has 3 unspecified atom stereocenters. The number of halogens is 1. The minimum Gasteiger partial charge on any atom is -0.392 e. The molecule has 0 radical (unpaired) electrons. The van der Waals surface area contributed by atoms with Crippen molar-refractivity contribution in [1.82, 2.24) is 9.80 Å². The molecule has 0 aromatic heterocycles. The zero-order valence-electron chi connectivity index (χ0n) is 16.1. The van der Waals surface area contributed by atoms with Crippen LogP contribution >= 0.6 is 11.6 Å². The second-order valence-corrected chi connectivity index (χ2v) is 7.73. The van der Waals surface area contributed by atoms with Crippen LogP contribution in [0.2, 0.25) is 0 Å². The average molecular weight is 418 g/mol. The minimum absolute atomic E-state index is 0.103. The summed E-state index contributed by atoms with van der Waals surface area (Å²) in [5, 5.41) is 19.8. The molecule has 0 saturated carbocycles. The molecule has 29 heavy (non-hydrogen) atoms. The minimum atomic E-state index is -1.03. The fraction of sp³-hybridized carbons (Fsp3) is 0.381. The van der Waals surface area contributed by atoms with Crippen molar-refractivity contribution >= 4 is 23.2 Å². The van der Waals surface area contributed by atoms with E-state index in [1.165, 1.54) is 18.2 Å². The van der Waals surface area contributed by atoms with Gasteiger partial charge in [0.2, 0.25) is 5.91 Å². The number of nitro benzene ring substituents is 1. The number of hydrogen-bond acceptors (Lipinski definition) is 5. The summed E-state index contributed by atoms with van der Waals surface area (Å²) in [6, 6.07) is 15.2. The molecule has 154 valence electrons. The number of amides is 1. The molecule has 1 amide bonds. The number of benzene rings is 2. The number of rotatable bonds is 7. The zero-order valence-corrected chi connectivity index (χ0v) is 16.9. The van der Waals surface area contributed by atoms with Crippen molar-refractivity contribution in [1.29, 1.82) is 0 Å². The Balaban J connectivity index is 1.82. The van der Waals surface area contributed by atoms with Crippen LogP contribution in [0.15, 0.2) is 54.6 Å². The van der Waals surface area contributed by atoms with Crippen LogP contribution in [0.1, 0.15) is 29.0 Å². The second-order valence-electron chi connectivity index (χ2n) is 7.29. The Morgan fingerprint density at radius 3 is 2.59 bits per heavy atom. The van der Waals surface area contributed by atoms with Gasteiger partial charge in [-0.05, 0) is 17.5 Å². The summed E-state index contributed by atoms with van der Waals surface area (Å²) >= 11 is 6.43. The molecule has 1 fully saturated rings. The summed E-state index contributed by atoms with van der Waals surface area (Å²) in [7, 11) is 1.69. The van der Waals surface area contributed by atoms with E-state index in [9.17, 15) is 20.0 Å². The van der Waals surface area contributed by atoms with Crippen LogP contribution in [0.4, 0.5) is 5.69 Å². The number of non-ortho nitro benzene ring substituents is 1. The summed E-state index contributed by atoms with van der Waals surface area (Å²) in [5.74, 6) is -0.333. The molecule has 8 heteroatoms. The first-order chi connectivity index (χ1) is 13.9. The van der Waals surface area contributed by atoms with Crippen molar-refractivity contribution in [3.05, 3.63) is 75.8 Å². The Hall–Kier alpha value is -2.48. The van der Waals surface area contributed by atoms with Gasteiger partial charge in [-0.2, -0.15) is 0 Å². The van der Waals surface area contributed by atoms with Crippen LogP contribution in [0, 0.1) is 10.1 Å². The van der Waals surface area contributed by atoms with Crippen molar-refractivity contribution < 1.29 is 14.8 Å². The number of nitro groups is 1. The second kappa shape index (κ2) is 9.35. The molecule has 1 saturated heterocycles. The standard InChI is InChI=1S/C21H24ClN3O4/c1-23(21(27)20(22)16-8-5-9-17(12-16)25(28)29)19(15-6-3-2-4-7-15)14-24-11-10-18(26)13-24/h2-9,12,18-20,26H,10-11,13-14H2,1H3. The molecule has 7 nitrogen and oxygen atoms in total. The number of aliphatic hydroxyl groups is 1. The molecule has 3 rings (SSSR count). The fourth-order valence-corrected chi connectivity index (χ4v) is 3.91. The highest BCUT2D eigenvalue weighted by Crippen LogP contribution is 2.30. The van der Waals surface area contributed by atoms with Gasteiger partial charge in [-0.15, -0.1) is 11.6 Å². The molecule has 1 heterocycles. The van der Waals surface area contributed by atoms with E-state index in [-0.39, 0.29) is 23.7 Å². The van der Waals surface area contributed by atoms with E-state index < -0.39 is 10.3 Å². The largest absolute Gasteiger partial charge is 0.392 e. The van der Waals surface area contributed by atoms with Crippen molar-refractivity contribution in [2.24, 2.45) is 0 Å². The normalized spacial score (nSPS) is 18.9. The Morgan fingerprint density at radius 1 is 1.28 bits per heavy atom. The van der Waals surface area contributed by atoms with E-state index >= 15 is 0 Å². The lowest BCUT2D eigenvalue weighted by atomic mass is 10.0. The molecular formula is C21H24ClN3O4. The molecule has 1 aliphatic heterocycles. The van der Waals surface area contributed by atoms with Gasteiger partial charge in [0.25, 0.3) is 5.69 Å². The molecule has 0 bridgehead atoms. The third-order valence-electron chi connectivity index (χ3n) is 5.27. The van der Waals surface area contributed by atoms with E-state index in [1.54, 1.807) is 18.0 Å². The monoisotopic (exact) mass is 417 g/mol. The third-order valence-corrected chi connectivity index (χ3v) is 5.71. The average Bonchev–Trinajstić information content (AvgIpc) is 3.16. The molecule has 1 aliphatic rings. The smallest absolute Gasteiger partial charge is 0.269 e. The summed E-state index contributed by atoms with van der Waals surface area (Å²) < 4.78 is 0. The van der Waals surface area contributed by atoms with Crippen LogP contribution in [-0.4, -0.2) is 58.5 Å². The zero-order chi connectivity index (χ0) is 21.0. The fourth-order valence-electron chi connectivity index (χ4n) is 3.62. The van der Waals surface area contributed by atoms with Gasteiger partial charge in [-0.25, -0.2) is 0 Å². The quantitative estimate of drug-likeness (QED) is 0.425. The molecule has 1 N–H and O–H groups in total. The highest BCUT2D eigenvalue weighted by atomic mass is 35.5. The van der Waals surface area contributed by atoms with Crippen molar-refractivity contribution in [3.63, 3.8) is 0 Å². The molecular weight excluding hydrogens is 394 g/mol. The summed E-state index contributed by atoms with van der Waals surface area (Å²) in [6.07, 6.45) is 0.364. The third kappa shape index (κ3) is 5.12. The van der Waals surface area contributed by atoms with Gasteiger partial charge >= 0.3 is 0 Å². The van der Waals surface area contributed by atoms with Crippen LogP contribution in [0.25, 0.3) is 0 Å². The Kier molecular flexibility index (Phi) is 6.84. The highest BCUT2D eigenvalue weighted by molar-refractivity contribution is 6.30. The van der Waals surface area contributed by atoms with Gasteiger partial charge in [-0.3, -0.25) is 19.8 Å². The van der Waals surface area contributed by atoms with Crippen LogP contribution in [-0.2, 0) is 4.79 Å². The number of carbonyl (C=O) groups excluding carboxylic acids is 1. The first-order valence-corrected chi connectivity index (χ1v) is 9.91. The Morgan fingerprint density at radius 2 is 1.97 bits per heavy atom. The van der Waals surface area contributed by atoms with E-state index in [2.05, 4.69) is 4.90 Å². The van der Waals surface area contributed by atoms with E-state index in [4.69, 9.17) is 11.6 Å². The summed E-state index contributed by atoms with van der Waals surface area (Å²) in [4.78, 5) is 27.4. The lowest BCUT2D eigenvalue weighted by molar-refractivity contribution is -0.384. The van der Waals surface area contributed by atoms with Gasteiger partial charge in [0, 0.05) is 38.8 Å². The maximum absolute atomic E-state index is 13.1. The van der Waals surface area contributed by atoms with Crippen molar-refractivity contribution in [2.75, 3.05) is 26.7 Å². The molecule has 3 atom stereocenters.